The van der Waals surface area contributed by atoms with Gasteiger partial charge in [0.15, 0.2) is 0 Å². The molecule has 3 rings (SSSR count). The molecule has 0 spiro atoms. The Balaban J connectivity index is 1.82. The lowest BCUT2D eigenvalue weighted by Crippen LogP contribution is -2.32. The van der Waals surface area contributed by atoms with Gasteiger partial charge in [-0.15, -0.1) is 0 Å². The van der Waals surface area contributed by atoms with E-state index in [1.165, 1.54) is 11.1 Å². The van der Waals surface area contributed by atoms with Crippen molar-refractivity contribution in [3.8, 4) is 0 Å². The Morgan fingerprint density at radius 3 is 2.41 bits per heavy atom. The number of aromatic nitrogens is 2. The van der Waals surface area contributed by atoms with E-state index >= 15 is 0 Å². The monoisotopic (exact) mass is 228 g/mol. The topological polar surface area (TPSA) is 38.0 Å². The first-order chi connectivity index (χ1) is 8.15. The summed E-state index contributed by atoms with van der Waals surface area (Å²) in [6.45, 7) is 0. The molecule has 1 aromatic carbocycles. The summed E-state index contributed by atoms with van der Waals surface area (Å²) < 4.78 is 1.78. The maximum absolute atomic E-state index is 10.6. The van der Waals surface area contributed by atoms with Crippen molar-refractivity contribution in [1.29, 1.82) is 0 Å². The zero-order chi connectivity index (χ0) is 11.9. The van der Waals surface area contributed by atoms with Crippen LogP contribution in [-0.2, 0) is 26.3 Å². The second-order valence-corrected chi connectivity index (χ2v) is 5.00. The summed E-state index contributed by atoms with van der Waals surface area (Å²) in [5.74, 6) is 0. The van der Waals surface area contributed by atoms with Crippen molar-refractivity contribution in [2.45, 2.75) is 24.9 Å². The van der Waals surface area contributed by atoms with Crippen molar-refractivity contribution in [3.05, 3.63) is 53.3 Å². The molecule has 1 aromatic heterocycles. The molecule has 0 bridgehead atoms. The van der Waals surface area contributed by atoms with Crippen LogP contribution in [0.5, 0.6) is 0 Å². The van der Waals surface area contributed by atoms with Crippen LogP contribution >= 0.6 is 0 Å². The summed E-state index contributed by atoms with van der Waals surface area (Å²) in [5, 5.41) is 15.0. The van der Waals surface area contributed by atoms with Gasteiger partial charge >= 0.3 is 0 Å². The SMILES string of the molecule is Cn1ccc(CC2(O)Cc3ccccc3C2)n1. The molecule has 1 N–H and O–H groups in total. The molecule has 0 aliphatic heterocycles. The van der Waals surface area contributed by atoms with Gasteiger partial charge in [0.25, 0.3) is 0 Å². The number of aryl methyl sites for hydroxylation is 1. The summed E-state index contributed by atoms with van der Waals surface area (Å²) >= 11 is 0. The molecular formula is C14H16N2O. The normalized spacial score (nSPS) is 17.1. The first-order valence-corrected chi connectivity index (χ1v) is 5.92. The fraction of sp³-hybridized carbons (Fsp3) is 0.357. The highest BCUT2D eigenvalue weighted by atomic mass is 16.3. The molecule has 0 radical (unpaired) electrons. The number of fused-ring (bicyclic) bond motifs is 1. The van der Waals surface area contributed by atoms with Crippen LogP contribution in [0.15, 0.2) is 36.5 Å². The van der Waals surface area contributed by atoms with Gasteiger partial charge in [0, 0.05) is 32.5 Å². The largest absolute Gasteiger partial charge is 0.389 e. The van der Waals surface area contributed by atoms with E-state index in [2.05, 4.69) is 17.2 Å². The van der Waals surface area contributed by atoms with Crippen LogP contribution < -0.4 is 0 Å². The quantitative estimate of drug-likeness (QED) is 0.845. The van der Waals surface area contributed by atoms with Crippen LogP contribution in [0.4, 0.5) is 0 Å². The van der Waals surface area contributed by atoms with E-state index < -0.39 is 5.60 Å². The zero-order valence-electron chi connectivity index (χ0n) is 9.93. The molecule has 1 heterocycles. The average Bonchev–Trinajstić information content (AvgIpc) is 2.81. The minimum atomic E-state index is -0.655. The van der Waals surface area contributed by atoms with E-state index in [0.29, 0.717) is 6.42 Å². The lowest BCUT2D eigenvalue weighted by Gasteiger charge is -2.20. The summed E-state index contributed by atoms with van der Waals surface area (Å²) in [7, 11) is 1.90. The fourth-order valence-corrected chi connectivity index (χ4v) is 2.69. The summed E-state index contributed by atoms with van der Waals surface area (Å²) in [6.07, 6.45) is 4.02. The minimum absolute atomic E-state index is 0.628. The van der Waals surface area contributed by atoms with E-state index in [1.807, 2.05) is 31.4 Å². The molecule has 0 saturated carbocycles. The number of benzene rings is 1. The summed E-state index contributed by atoms with van der Waals surface area (Å²) in [5.41, 5.74) is 2.84. The summed E-state index contributed by atoms with van der Waals surface area (Å²) in [6, 6.07) is 10.2. The Hall–Kier alpha value is -1.61. The van der Waals surface area contributed by atoms with E-state index in [0.717, 1.165) is 18.5 Å². The van der Waals surface area contributed by atoms with Crippen molar-refractivity contribution >= 4 is 0 Å². The maximum atomic E-state index is 10.6. The summed E-state index contributed by atoms with van der Waals surface area (Å²) in [4.78, 5) is 0. The minimum Gasteiger partial charge on any atom is -0.389 e. The van der Waals surface area contributed by atoms with Gasteiger partial charge in [-0.1, -0.05) is 24.3 Å². The van der Waals surface area contributed by atoms with Crippen molar-refractivity contribution in [2.24, 2.45) is 7.05 Å². The van der Waals surface area contributed by atoms with Gasteiger partial charge in [-0.2, -0.15) is 5.10 Å². The second kappa shape index (κ2) is 3.70. The zero-order valence-corrected chi connectivity index (χ0v) is 9.93. The molecule has 88 valence electrons. The standard InChI is InChI=1S/C14H16N2O/c1-16-7-6-13(15-16)10-14(17)8-11-4-2-3-5-12(11)9-14/h2-7,17H,8-10H2,1H3. The predicted octanol–water partition coefficient (Wildman–Crippen LogP) is 1.49. The van der Waals surface area contributed by atoms with Crippen LogP contribution in [0, 0.1) is 0 Å². The molecule has 0 amide bonds. The molecular weight excluding hydrogens is 212 g/mol. The van der Waals surface area contributed by atoms with Crippen LogP contribution in [-0.4, -0.2) is 20.5 Å². The molecule has 17 heavy (non-hydrogen) atoms. The number of aliphatic hydroxyl groups is 1. The Bertz CT molecular complexity index is 520. The molecule has 1 aliphatic rings. The number of hydrogen-bond donors (Lipinski definition) is 1. The van der Waals surface area contributed by atoms with E-state index in [9.17, 15) is 5.11 Å². The van der Waals surface area contributed by atoms with Crippen LogP contribution in [0.3, 0.4) is 0 Å². The van der Waals surface area contributed by atoms with Gasteiger partial charge in [-0.25, -0.2) is 0 Å². The molecule has 3 nitrogen and oxygen atoms in total. The Kier molecular flexibility index (Phi) is 2.30. The highest BCUT2D eigenvalue weighted by Crippen LogP contribution is 2.32. The highest BCUT2D eigenvalue weighted by Gasteiger charge is 2.35. The third-order valence-corrected chi connectivity index (χ3v) is 3.44. The molecule has 0 atom stereocenters. The average molecular weight is 228 g/mol. The van der Waals surface area contributed by atoms with Crippen molar-refractivity contribution < 1.29 is 5.11 Å². The highest BCUT2D eigenvalue weighted by molar-refractivity contribution is 5.35. The van der Waals surface area contributed by atoms with Crippen LogP contribution in [0.2, 0.25) is 0 Å². The maximum Gasteiger partial charge on any atom is 0.0784 e. The van der Waals surface area contributed by atoms with Crippen LogP contribution in [0.25, 0.3) is 0 Å². The Labute approximate surface area is 101 Å². The third-order valence-electron chi connectivity index (χ3n) is 3.44. The van der Waals surface area contributed by atoms with Crippen molar-refractivity contribution in [1.82, 2.24) is 9.78 Å². The van der Waals surface area contributed by atoms with E-state index in [-0.39, 0.29) is 0 Å². The number of hydrogen-bond acceptors (Lipinski definition) is 2. The van der Waals surface area contributed by atoms with E-state index in [4.69, 9.17) is 0 Å². The molecule has 0 unspecified atom stereocenters. The second-order valence-electron chi connectivity index (χ2n) is 5.00. The fourth-order valence-electron chi connectivity index (χ4n) is 2.69. The first-order valence-electron chi connectivity index (χ1n) is 5.92. The molecule has 2 aromatic rings. The molecule has 3 heteroatoms. The predicted molar refractivity (Wildman–Crippen MR) is 65.7 cm³/mol. The molecule has 1 aliphatic carbocycles. The lowest BCUT2D eigenvalue weighted by molar-refractivity contribution is 0.0507. The number of rotatable bonds is 2. The van der Waals surface area contributed by atoms with Crippen molar-refractivity contribution in [2.75, 3.05) is 0 Å². The van der Waals surface area contributed by atoms with Crippen molar-refractivity contribution in [3.63, 3.8) is 0 Å². The number of nitrogens with zero attached hydrogens (tertiary/aromatic N) is 2. The van der Waals surface area contributed by atoms with Gasteiger partial charge < -0.3 is 5.11 Å². The van der Waals surface area contributed by atoms with Crippen LogP contribution in [0.1, 0.15) is 16.8 Å². The van der Waals surface area contributed by atoms with E-state index in [1.54, 1.807) is 4.68 Å². The van der Waals surface area contributed by atoms with Gasteiger partial charge in [-0.3, -0.25) is 4.68 Å². The van der Waals surface area contributed by atoms with Gasteiger partial charge in [0.05, 0.1) is 11.3 Å². The van der Waals surface area contributed by atoms with Gasteiger partial charge in [-0.05, 0) is 17.2 Å². The lowest BCUT2D eigenvalue weighted by atomic mass is 9.94. The molecule has 0 fully saturated rings. The van der Waals surface area contributed by atoms with Gasteiger partial charge in [0.2, 0.25) is 0 Å². The Morgan fingerprint density at radius 1 is 1.24 bits per heavy atom. The van der Waals surface area contributed by atoms with Gasteiger partial charge in [0.1, 0.15) is 0 Å². The third kappa shape index (κ3) is 1.98. The molecule has 0 saturated heterocycles. The first kappa shape index (κ1) is 10.5. The Morgan fingerprint density at radius 2 is 1.88 bits per heavy atom. The smallest absolute Gasteiger partial charge is 0.0784 e.